The topological polar surface area (TPSA) is 96.3 Å². The molecule has 0 spiro atoms. The van der Waals surface area contributed by atoms with Gasteiger partial charge in [0.25, 0.3) is 11.7 Å². The molecule has 180 valence electrons. The predicted molar refractivity (Wildman–Crippen MR) is 131 cm³/mol. The standard InChI is InChI=1S/C28H27NO6/c1-3-34-21-12-8-11-20(15-21)26(31)24-25(19-13-14-22(30)23(16-19)35-4-2)29(28(33)27(24)32)17-18-9-6-5-7-10-18/h5-16,25,30-31H,3-4,17H2,1-2H3. The number of hydrogen-bond donors (Lipinski definition) is 2. The summed E-state index contributed by atoms with van der Waals surface area (Å²) >= 11 is 0. The second-order valence-electron chi connectivity index (χ2n) is 8.03. The molecule has 0 bridgehead atoms. The molecular weight excluding hydrogens is 446 g/mol. The lowest BCUT2D eigenvalue weighted by atomic mass is 9.94. The van der Waals surface area contributed by atoms with Gasteiger partial charge in [-0.25, -0.2) is 0 Å². The van der Waals surface area contributed by atoms with Gasteiger partial charge in [-0.3, -0.25) is 9.59 Å². The van der Waals surface area contributed by atoms with E-state index in [2.05, 4.69) is 0 Å². The highest BCUT2D eigenvalue weighted by Gasteiger charge is 2.46. The average Bonchev–Trinajstić information content (AvgIpc) is 3.11. The van der Waals surface area contributed by atoms with Gasteiger partial charge >= 0.3 is 0 Å². The van der Waals surface area contributed by atoms with E-state index in [1.165, 1.54) is 11.0 Å². The van der Waals surface area contributed by atoms with Crippen molar-refractivity contribution < 1.29 is 29.3 Å². The van der Waals surface area contributed by atoms with Crippen molar-refractivity contribution in [3.63, 3.8) is 0 Å². The number of carbonyl (C=O) groups is 2. The summed E-state index contributed by atoms with van der Waals surface area (Å²) in [6, 6.07) is 19.8. The maximum Gasteiger partial charge on any atom is 0.295 e. The Bertz CT molecular complexity index is 1270. The van der Waals surface area contributed by atoms with Crippen molar-refractivity contribution in [3.8, 4) is 17.2 Å². The van der Waals surface area contributed by atoms with E-state index in [1.807, 2.05) is 37.3 Å². The fraction of sp³-hybridized carbons (Fsp3) is 0.214. The maximum absolute atomic E-state index is 13.3. The van der Waals surface area contributed by atoms with Gasteiger partial charge in [-0.1, -0.05) is 48.5 Å². The van der Waals surface area contributed by atoms with E-state index in [4.69, 9.17) is 9.47 Å². The smallest absolute Gasteiger partial charge is 0.295 e. The first-order valence-corrected chi connectivity index (χ1v) is 11.5. The van der Waals surface area contributed by atoms with Crippen LogP contribution in [0.15, 0.2) is 78.4 Å². The van der Waals surface area contributed by atoms with Crippen LogP contribution in [-0.2, 0) is 16.1 Å². The summed E-state index contributed by atoms with van der Waals surface area (Å²) < 4.78 is 11.1. The third-order valence-corrected chi connectivity index (χ3v) is 5.75. The van der Waals surface area contributed by atoms with Crippen LogP contribution in [0.2, 0.25) is 0 Å². The van der Waals surface area contributed by atoms with Crippen molar-refractivity contribution >= 4 is 17.4 Å². The molecule has 0 radical (unpaired) electrons. The number of ether oxygens (including phenoxy) is 2. The Kier molecular flexibility index (Phi) is 7.06. The fourth-order valence-corrected chi connectivity index (χ4v) is 4.20. The summed E-state index contributed by atoms with van der Waals surface area (Å²) in [5.74, 6) is -1.08. The summed E-state index contributed by atoms with van der Waals surface area (Å²) in [5, 5.41) is 21.5. The molecule has 1 aliphatic rings. The Morgan fingerprint density at radius 2 is 1.66 bits per heavy atom. The molecule has 1 atom stereocenters. The van der Waals surface area contributed by atoms with E-state index in [0.29, 0.717) is 30.1 Å². The van der Waals surface area contributed by atoms with E-state index in [-0.39, 0.29) is 29.4 Å². The minimum atomic E-state index is -0.884. The number of likely N-dealkylation sites (tertiary alicyclic amines) is 1. The van der Waals surface area contributed by atoms with Crippen molar-refractivity contribution in [1.29, 1.82) is 0 Å². The number of benzene rings is 3. The molecule has 7 heteroatoms. The van der Waals surface area contributed by atoms with Crippen molar-refractivity contribution in [3.05, 3.63) is 95.1 Å². The molecule has 1 aliphatic heterocycles. The minimum absolute atomic E-state index is 0.0345. The summed E-state index contributed by atoms with van der Waals surface area (Å²) in [6.07, 6.45) is 0. The molecular formula is C28H27NO6. The molecule has 7 nitrogen and oxygen atoms in total. The number of amides is 1. The highest BCUT2D eigenvalue weighted by atomic mass is 16.5. The van der Waals surface area contributed by atoms with Crippen LogP contribution in [-0.4, -0.2) is 40.0 Å². The molecule has 0 saturated carbocycles. The van der Waals surface area contributed by atoms with E-state index in [0.717, 1.165) is 5.56 Å². The number of aromatic hydroxyl groups is 1. The van der Waals surface area contributed by atoms with Crippen LogP contribution in [0.5, 0.6) is 17.2 Å². The Morgan fingerprint density at radius 3 is 2.37 bits per heavy atom. The van der Waals surface area contributed by atoms with E-state index < -0.39 is 17.7 Å². The molecule has 0 aliphatic carbocycles. The van der Waals surface area contributed by atoms with Gasteiger partial charge in [0.05, 0.1) is 24.8 Å². The molecule has 2 N–H and O–H groups in total. The molecule has 1 unspecified atom stereocenters. The molecule has 1 heterocycles. The number of carbonyl (C=O) groups excluding carboxylic acids is 2. The van der Waals surface area contributed by atoms with Gasteiger partial charge in [0.15, 0.2) is 11.5 Å². The number of ketones is 1. The second-order valence-corrected chi connectivity index (χ2v) is 8.03. The van der Waals surface area contributed by atoms with Gasteiger partial charge in [-0.05, 0) is 49.2 Å². The zero-order chi connectivity index (χ0) is 24.9. The lowest BCUT2D eigenvalue weighted by molar-refractivity contribution is -0.140. The number of nitrogens with zero attached hydrogens (tertiary/aromatic N) is 1. The number of aliphatic hydroxyl groups is 1. The summed E-state index contributed by atoms with van der Waals surface area (Å²) in [4.78, 5) is 27.9. The molecule has 35 heavy (non-hydrogen) atoms. The lowest BCUT2D eigenvalue weighted by Gasteiger charge is -2.26. The Hall–Kier alpha value is -4.26. The highest BCUT2D eigenvalue weighted by Crippen LogP contribution is 2.42. The SMILES string of the molecule is CCOc1cccc(C(O)=C2C(=O)C(=O)N(Cc3ccccc3)C2c2ccc(O)c(OCC)c2)c1. The van der Waals surface area contributed by atoms with Crippen LogP contribution < -0.4 is 9.47 Å². The molecule has 4 rings (SSSR count). The van der Waals surface area contributed by atoms with E-state index in [1.54, 1.807) is 43.3 Å². The van der Waals surface area contributed by atoms with E-state index >= 15 is 0 Å². The van der Waals surface area contributed by atoms with Crippen LogP contribution in [0.4, 0.5) is 0 Å². The zero-order valence-electron chi connectivity index (χ0n) is 19.6. The van der Waals surface area contributed by atoms with Gasteiger partial charge in [0, 0.05) is 12.1 Å². The normalized spacial score (nSPS) is 17.0. The van der Waals surface area contributed by atoms with Gasteiger partial charge in [0.1, 0.15) is 11.5 Å². The van der Waals surface area contributed by atoms with Crippen molar-refractivity contribution in [2.75, 3.05) is 13.2 Å². The van der Waals surface area contributed by atoms with Crippen LogP contribution in [0, 0.1) is 0 Å². The maximum atomic E-state index is 13.3. The molecule has 1 amide bonds. The molecule has 1 fully saturated rings. The molecule has 0 aromatic heterocycles. The Labute approximate surface area is 203 Å². The van der Waals surface area contributed by atoms with Crippen LogP contribution >= 0.6 is 0 Å². The number of hydrogen-bond acceptors (Lipinski definition) is 6. The van der Waals surface area contributed by atoms with Gasteiger partial charge in [-0.2, -0.15) is 0 Å². The second kappa shape index (κ2) is 10.3. The van der Waals surface area contributed by atoms with Crippen LogP contribution in [0.1, 0.15) is 36.6 Å². The first-order chi connectivity index (χ1) is 16.9. The van der Waals surface area contributed by atoms with Gasteiger partial charge < -0.3 is 24.6 Å². The van der Waals surface area contributed by atoms with Crippen molar-refractivity contribution in [2.24, 2.45) is 0 Å². The Morgan fingerprint density at radius 1 is 0.914 bits per heavy atom. The summed E-state index contributed by atoms with van der Waals surface area (Å²) in [7, 11) is 0. The zero-order valence-corrected chi connectivity index (χ0v) is 19.6. The van der Waals surface area contributed by atoms with Gasteiger partial charge in [-0.15, -0.1) is 0 Å². The highest BCUT2D eigenvalue weighted by molar-refractivity contribution is 6.46. The summed E-state index contributed by atoms with van der Waals surface area (Å²) in [5.41, 5.74) is 1.70. The predicted octanol–water partition coefficient (Wildman–Crippen LogP) is 4.81. The summed E-state index contributed by atoms with van der Waals surface area (Å²) in [6.45, 7) is 4.57. The van der Waals surface area contributed by atoms with Gasteiger partial charge in [0.2, 0.25) is 0 Å². The van der Waals surface area contributed by atoms with E-state index in [9.17, 15) is 19.8 Å². The first-order valence-electron chi connectivity index (χ1n) is 11.5. The fourth-order valence-electron chi connectivity index (χ4n) is 4.20. The molecule has 3 aromatic rings. The number of phenols is 1. The van der Waals surface area contributed by atoms with Crippen molar-refractivity contribution in [1.82, 2.24) is 4.90 Å². The number of aliphatic hydroxyl groups excluding tert-OH is 1. The van der Waals surface area contributed by atoms with Crippen LogP contribution in [0.3, 0.4) is 0 Å². The minimum Gasteiger partial charge on any atom is -0.507 e. The van der Waals surface area contributed by atoms with Crippen molar-refractivity contribution in [2.45, 2.75) is 26.4 Å². The molecule has 3 aromatic carbocycles. The quantitative estimate of drug-likeness (QED) is 0.277. The average molecular weight is 474 g/mol. The Balaban J connectivity index is 1.87. The molecule has 1 saturated heterocycles. The number of Topliss-reactive ketones (excluding diaryl/α,β-unsaturated/α-hetero) is 1. The third kappa shape index (κ3) is 4.84. The lowest BCUT2D eigenvalue weighted by Crippen LogP contribution is -2.29. The number of phenolic OH excluding ortho intramolecular Hbond substituents is 1. The van der Waals surface area contributed by atoms with Crippen LogP contribution in [0.25, 0.3) is 5.76 Å². The third-order valence-electron chi connectivity index (χ3n) is 5.75. The monoisotopic (exact) mass is 473 g/mol. The largest absolute Gasteiger partial charge is 0.507 e. The number of rotatable bonds is 8. The first kappa shape index (κ1) is 23.9.